The first-order chi connectivity index (χ1) is 10.1. The summed E-state index contributed by atoms with van der Waals surface area (Å²) in [5.41, 5.74) is 2.71. The maximum atomic E-state index is 6.06. The molecule has 0 aromatic heterocycles. The van der Waals surface area contributed by atoms with Crippen molar-refractivity contribution in [2.75, 3.05) is 0 Å². The largest absolute Gasteiger partial charge is 0.307 e. The van der Waals surface area contributed by atoms with Crippen molar-refractivity contribution in [1.29, 1.82) is 0 Å². The average molecular weight is 365 g/mol. The van der Waals surface area contributed by atoms with Gasteiger partial charge in [-0.2, -0.15) is 0 Å². The fourth-order valence-corrected chi connectivity index (χ4v) is 3.45. The first-order valence-electron chi connectivity index (χ1n) is 7.39. The van der Waals surface area contributed by atoms with Gasteiger partial charge in [-0.3, -0.25) is 0 Å². The highest BCUT2D eigenvalue weighted by Gasteiger charge is 2.31. The molecule has 1 N–H and O–H groups in total. The number of rotatable bonds is 4. The van der Waals surface area contributed by atoms with Crippen molar-refractivity contribution in [3.8, 4) is 0 Å². The Morgan fingerprint density at radius 3 is 2.52 bits per heavy atom. The van der Waals surface area contributed by atoms with Crippen LogP contribution in [0.5, 0.6) is 0 Å². The lowest BCUT2D eigenvalue weighted by atomic mass is 9.75. The van der Waals surface area contributed by atoms with E-state index in [9.17, 15) is 0 Å². The van der Waals surface area contributed by atoms with Gasteiger partial charge in [0.25, 0.3) is 0 Å². The molecule has 1 saturated carbocycles. The number of halogens is 2. The second kappa shape index (κ2) is 6.51. The summed E-state index contributed by atoms with van der Waals surface area (Å²) in [5, 5.41) is 4.56. The molecule has 1 fully saturated rings. The molecule has 1 aliphatic carbocycles. The highest BCUT2D eigenvalue weighted by Crippen LogP contribution is 2.38. The molecule has 0 amide bonds. The Morgan fingerprint density at radius 1 is 1.14 bits per heavy atom. The van der Waals surface area contributed by atoms with Crippen LogP contribution in [0.3, 0.4) is 0 Å². The summed E-state index contributed by atoms with van der Waals surface area (Å²) in [6.07, 6.45) is 2.39. The van der Waals surface area contributed by atoms with E-state index in [1.54, 1.807) is 0 Å². The monoisotopic (exact) mass is 363 g/mol. The highest BCUT2D eigenvalue weighted by molar-refractivity contribution is 9.10. The Hall–Kier alpha value is -0.830. The third kappa shape index (κ3) is 3.68. The van der Waals surface area contributed by atoms with Crippen molar-refractivity contribution in [3.63, 3.8) is 0 Å². The van der Waals surface area contributed by atoms with Gasteiger partial charge in [0.2, 0.25) is 0 Å². The van der Waals surface area contributed by atoms with E-state index >= 15 is 0 Å². The predicted octanol–water partition coefficient (Wildman–Crippen LogP) is 5.70. The molecular formula is C18H19BrClN. The molecular weight excluding hydrogens is 346 g/mol. The molecule has 1 atom stereocenters. The molecule has 2 aromatic carbocycles. The van der Waals surface area contributed by atoms with E-state index in [-0.39, 0.29) is 0 Å². The molecule has 2 aromatic rings. The van der Waals surface area contributed by atoms with Crippen molar-refractivity contribution in [2.45, 2.75) is 37.8 Å². The lowest BCUT2D eigenvalue weighted by Crippen LogP contribution is -2.41. The van der Waals surface area contributed by atoms with Gasteiger partial charge in [-0.05, 0) is 61.1 Å². The van der Waals surface area contributed by atoms with Crippen LogP contribution >= 0.6 is 27.5 Å². The summed E-state index contributed by atoms with van der Waals surface area (Å²) in [7, 11) is 0. The van der Waals surface area contributed by atoms with Crippen molar-refractivity contribution in [3.05, 3.63) is 69.2 Å². The lowest BCUT2D eigenvalue weighted by molar-refractivity contribution is 0.271. The number of nitrogens with one attached hydrogen (secondary N) is 1. The maximum Gasteiger partial charge on any atom is 0.0408 e. The van der Waals surface area contributed by atoms with Crippen LogP contribution < -0.4 is 5.32 Å². The van der Waals surface area contributed by atoms with E-state index < -0.39 is 0 Å². The van der Waals surface area contributed by atoms with Crippen LogP contribution in [0.2, 0.25) is 5.02 Å². The van der Waals surface area contributed by atoms with Crippen LogP contribution in [-0.4, -0.2) is 6.04 Å². The molecule has 0 aliphatic heterocycles. The van der Waals surface area contributed by atoms with E-state index in [1.807, 2.05) is 12.1 Å². The summed E-state index contributed by atoms with van der Waals surface area (Å²) >= 11 is 9.54. The summed E-state index contributed by atoms with van der Waals surface area (Å²) in [6.45, 7) is 2.23. The molecule has 3 rings (SSSR count). The first-order valence-corrected chi connectivity index (χ1v) is 8.56. The molecule has 0 heterocycles. The van der Waals surface area contributed by atoms with Crippen LogP contribution in [-0.2, 0) is 0 Å². The van der Waals surface area contributed by atoms with Gasteiger partial charge in [0.05, 0.1) is 0 Å². The van der Waals surface area contributed by atoms with Gasteiger partial charge in [-0.25, -0.2) is 0 Å². The van der Waals surface area contributed by atoms with Gasteiger partial charge in [-0.15, -0.1) is 0 Å². The second-order valence-corrected chi connectivity index (χ2v) is 7.21. The lowest BCUT2D eigenvalue weighted by Gasteiger charge is -2.38. The molecule has 21 heavy (non-hydrogen) atoms. The third-order valence-electron chi connectivity index (χ3n) is 4.31. The molecule has 3 heteroatoms. The van der Waals surface area contributed by atoms with Gasteiger partial charge < -0.3 is 5.32 Å². The normalized spacial score (nSPS) is 22.6. The van der Waals surface area contributed by atoms with Gasteiger partial charge in [0.15, 0.2) is 0 Å². The molecule has 0 radical (unpaired) electrons. The number of benzene rings is 2. The fourth-order valence-electron chi connectivity index (χ4n) is 2.99. The first kappa shape index (κ1) is 15.1. The quantitative estimate of drug-likeness (QED) is 0.734. The van der Waals surface area contributed by atoms with Crippen LogP contribution in [0.25, 0.3) is 0 Å². The van der Waals surface area contributed by atoms with Crippen molar-refractivity contribution in [2.24, 2.45) is 0 Å². The molecule has 1 unspecified atom stereocenters. The minimum Gasteiger partial charge on any atom is -0.307 e. The summed E-state index contributed by atoms with van der Waals surface area (Å²) in [4.78, 5) is 0. The number of hydrogen-bond donors (Lipinski definition) is 1. The Kier molecular flexibility index (Phi) is 4.68. The third-order valence-corrected chi connectivity index (χ3v) is 5.08. The van der Waals surface area contributed by atoms with Gasteiger partial charge in [-0.1, -0.05) is 51.8 Å². The van der Waals surface area contributed by atoms with Crippen LogP contribution in [0.15, 0.2) is 53.0 Å². The zero-order valence-electron chi connectivity index (χ0n) is 12.0. The molecule has 0 saturated heterocycles. The highest BCUT2D eigenvalue weighted by atomic mass is 79.9. The van der Waals surface area contributed by atoms with Gasteiger partial charge in [0, 0.05) is 21.6 Å². The topological polar surface area (TPSA) is 12.0 Å². The Balaban J connectivity index is 1.54. The van der Waals surface area contributed by atoms with E-state index in [1.165, 1.54) is 24.0 Å². The van der Waals surface area contributed by atoms with Crippen molar-refractivity contribution >= 4 is 27.5 Å². The predicted molar refractivity (Wildman–Crippen MR) is 92.9 cm³/mol. The summed E-state index contributed by atoms with van der Waals surface area (Å²) < 4.78 is 1.13. The standard InChI is InChI=1S/C18H19BrClN/c1-12(13-5-7-16(19)8-6-13)21-18-10-15(11-18)14-3-2-4-17(20)9-14/h2-9,12,15,18,21H,10-11H2,1H3. The van der Waals surface area contributed by atoms with Gasteiger partial charge >= 0.3 is 0 Å². The maximum absolute atomic E-state index is 6.06. The zero-order chi connectivity index (χ0) is 14.8. The van der Waals surface area contributed by atoms with Gasteiger partial charge in [0.1, 0.15) is 0 Å². The minimum atomic E-state index is 0.392. The Morgan fingerprint density at radius 2 is 1.86 bits per heavy atom. The van der Waals surface area contributed by atoms with E-state index in [4.69, 9.17) is 11.6 Å². The van der Waals surface area contributed by atoms with Crippen LogP contribution in [0, 0.1) is 0 Å². The Bertz CT molecular complexity index is 605. The minimum absolute atomic E-state index is 0.392. The van der Waals surface area contributed by atoms with E-state index in [0.717, 1.165) is 9.50 Å². The zero-order valence-corrected chi connectivity index (χ0v) is 14.4. The molecule has 0 spiro atoms. The summed E-state index contributed by atoms with van der Waals surface area (Å²) in [6, 6.07) is 17.8. The molecule has 1 aliphatic rings. The smallest absolute Gasteiger partial charge is 0.0408 e. The summed E-state index contributed by atoms with van der Waals surface area (Å²) in [5.74, 6) is 0.651. The average Bonchev–Trinajstić information content (AvgIpc) is 2.43. The van der Waals surface area contributed by atoms with Crippen LogP contribution in [0.1, 0.15) is 42.9 Å². The molecule has 1 nitrogen and oxygen atoms in total. The van der Waals surface area contributed by atoms with E-state index in [0.29, 0.717) is 18.0 Å². The van der Waals surface area contributed by atoms with E-state index in [2.05, 4.69) is 64.6 Å². The van der Waals surface area contributed by atoms with Crippen molar-refractivity contribution in [1.82, 2.24) is 5.32 Å². The SMILES string of the molecule is CC(NC1CC(c2cccc(Cl)c2)C1)c1ccc(Br)cc1. The fraction of sp³-hybridized carbons (Fsp3) is 0.333. The number of hydrogen-bond acceptors (Lipinski definition) is 1. The Labute approximate surface area is 139 Å². The second-order valence-electron chi connectivity index (χ2n) is 5.86. The molecule has 110 valence electrons. The molecule has 0 bridgehead atoms. The van der Waals surface area contributed by atoms with Crippen LogP contribution in [0.4, 0.5) is 0 Å². The van der Waals surface area contributed by atoms with Crippen molar-refractivity contribution < 1.29 is 0 Å².